The van der Waals surface area contributed by atoms with Gasteiger partial charge >= 0.3 is 6.03 Å². The highest BCUT2D eigenvalue weighted by Crippen LogP contribution is 2.40. The lowest BCUT2D eigenvalue weighted by molar-refractivity contribution is 0.252. The van der Waals surface area contributed by atoms with Gasteiger partial charge in [-0.3, -0.25) is 0 Å². The van der Waals surface area contributed by atoms with Gasteiger partial charge in [0, 0.05) is 41.8 Å². The quantitative estimate of drug-likeness (QED) is 0.885. The van der Waals surface area contributed by atoms with Crippen LogP contribution in [0.4, 0.5) is 10.5 Å². The van der Waals surface area contributed by atoms with E-state index < -0.39 is 0 Å². The summed E-state index contributed by atoms with van der Waals surface area (Å²) in [6.45, 7) is 6.11. The van der Waals surface area contributed by atoms with Crippen LogP contribution < -0.4 is 20.1 Å². The van der Waals surface area contributed by atoms with Crippen molar-refractivity contribution >= 4 is 11.7 Å². The Morgan fingerprint density at radius 2 is 1.92 bits per heavy atom. The van der Waals surface area contributed by atoms with E-state index in [4.69, 9.17) is 9.47 Å². The van der Waals surface area contributed by atoms with Gasteiger partial charge in [0.1, 0.15) is 11.5 Å². The molecule has 5 heteroatoms. The van der Waals surface area contributed by atoms with Crippen LogP contribution in [0.5, 0.6) is 11.5 Å². The second-order valence-electron chi connectivity index (χ2n) is 6.95. The normalized spacial score (nSPS) is 14.2. The first-order valence-electron chi connectivity index (χ1n) is 9.17. The van der Waals surface area contributed by atoms with Crippen molar-refractivity contribution in [3.63, 3.8) is 0 Å². The average Bonchev–Trinajstić information content (AvgIpc) is 3.26. The van der Waals surface area contributed by atoms with Gasteiger partial charge in [-0.25, -0.2) is 4.79 Å². The van der Waals surface area contributed by atoms with E-state index in [0.717, 1.165) is 55.2 Å². The predicted molar refractivity (Wildman–Crippen MR) is 101 cm³/mol. The summed E-state index contributed by atoms with van der Waals surface area (Å²) in [6, 6.07) is 7.85. The molecular weight excluding hydrogens is 328 g/mol. The minimum Gasteiger partial charge on any atom is -0.493 e. The second kappa shape index (κ2) is 6.90. The number of carbonyl (C=O) groups excluding carboxylic acids is 1. The lowest BCUT2D eigenvalue weighted by Crippen LogP contribution is -2.30. The van der Waals surface area contributed by atoms with Crippen molar-refractivity contribution in [2.45, 2.75) is 33.1 Å². The first kappa shape index (κ1) is 16.8. The fraction of sp³-hybridized carbons (Fsp3) is 0.381. The third-order valence-electron chi connectivity index (χ3n) is 5.19. The summed E-state index contributed by atoms with van der Waals surface area (Å²) >= 11 is 0. The van der Waals surface area contributed by atoms with Crippen LogP contribution in [0.3, 0.4) is 0 Å². The Morgan fingerprint density at radius 3 is 2.77 bits per heavy atom. The molecular formula is C21H24N2O3. The summed E-state index contributed by atoms with van der Waals surface area (Å²) in [6.07, 6.45) is 2.59. The van der Waals surface area contributed by atoms with Gasteiger partial charge in [0.05, 0.1) is 13.2 Å². The number of carbonyl (C=O) groups is 1. The molecule has 2 N–H and O–H groups in total. The molecule has 0 saturated heterocycles. The Kier molecular flexibility index (Phi) is 4.45. The smallest absolute Gasteiger partial charge is 0.319 e. The first-order valence-corrected chi connectivity index (χ1v) is 9.17. The van der Waals surface area contributed by atoms with Crippen LogP contribution in [0.15, 0.2) is 24.3 Å². The Hall–Kier alpha value is -2.69. The van der Waals surface area contributed by atoms with E-state index >= 15 is 0 Å². The molecule has 0 atom stereocenters. The van der Waals surface area contributed by atoms with Crippen molar-refractivity contribution in [1.82, 2.24) is 5.32 Å². The summed E-state index contributed by atoms with van der Waals surface area (Å²) in [7, 11) is 0. The zero-order valence-corrected chi connectivity index (χ0v) is 15.3. The van der Waals surface area contributed by atoms with Crippen LogP contribution in [-0.4, -0.2) is 25.8 Å². The second-order valence-corrected chi connectivity index (χ2v) is 6.95. The molecule has 2 aliphatic heterocycles. The minimum absolute atomic E-state index is 0.186. The SMILES string of the molecule is Cc1ccc(NC(=O)NCCc2c3c(cc4c2OCC4)OCC3)cc1C. The molecule has 0 bridgehead atoms. The molecule has 136 valence electrons. The fourth-order valence-electron chi connectivity index (χ4n) is 3.64. The largest absolute Gasteiger partial charge is 0.493 e. The van der Waals surface area contributed by atoms with Gasteiger partial charge in [-0.1, -0.05) is 6.07 Å². The summed E-state index contributed by atoms with van der Waals surface area (Å²) in [5, 5.41) is 5.84. The monoisotopic (exact) mass is 352 g/mol. The molecule has 0 aliphatic carbocycles. The summed E-state index contributed by atoms with van der Waals surface area (Å²) in [4.78, 5) is 12.2. The van der Waals surface area contributed by atoms with E-state index in [1.54, 1.807) is 0 Å². The molecule has 0 fully saturated rings. The Balaban J connectivity index is 1.39. The van der Waals surface area contributed by atoms with Crippen molar-refractivity contribution in [2.24, 2.45) is 0 Å². The van der Waals surface area contributed by atoms with Crippen molar-refractivity contribution < 1.29 is 14.3 Å². The van der Waals surface area contributed by atoms with Crippen LogP contribution in [0.1, 0.15) is 27.8 Å². The molecule has 0 aromatic heterocycles. The van der Waals surface area contributed by atoms with Crippen molar-refractivity contribution in [1.29, 1.82) is 0 Å². The summed E-state index contributed by atoms with van der Waals surface area (Å²) in [5.41, 5.74) is 6.84. The van der Waals surface area contributed by atoms with Crippen molar-refractivity contribution in [3.05, 3.63) is 52.1 Å². The Labute approximate surface area is 153 Å². The van der Waals surface area contributed by atoms with Crippen LogP contribution >= 0.6 is 0 Å². The molecule has 4 rings (SSSR count). The topological polar surface area (TPSA) is 59.6 Å². The van der Waals surface area contributed by atoms with Gasteiger partial charge in [-0.15, -0.1) is 0 Å². The maximum Gasteiger partial charge on any atom is 0.319 e. The van der Waals surface area contributed by atoms with Crippen molar-refractivity contribution in [3.8, 4) is 11.5 Å². The number of amides is 2. The number of rotatable bonds is 4. The van der Waals surface area contributed by atoms with E-state index in [1.807, 2.05) is 25.1 Å². The lowest BCUT2D eigenvalue weighted by atomic mass is 9.97. The first-order chi connectivity index (χ1) is 12.6. The highest BCUT2D eigenvalue weighted by atomic mass is 16.5. The van der Waals surface area contributed by atoms with Crippen LogP contribution in [0.2, 0.25) is 0 Å². The zero-order valence-electron chi connectivity index (χ0n) is 15.3. The van der Waals surface area contributed by atoms with Crippen LogP contribution in [-0.2, 0) is 19.3 Å². The number of aryl methyl sites for hydroxylation is 2. The predicted octanol–water partition coefficient (Wildman–Crippen LogP) is 3.54. The molecule has 2 aromatic carbocycles. The number of hydrogen-bond donors (Lipinski definition) is 2. The zero-order chi connectivity index (χ0) is 18.1. The van der Waals surface area contributed by atoms with E-state index in [-0.39, 0.29) is 6.03 Å². The maximum atomic E-state index is 12.2. The molecule has 2 aliphatic rings. The number of urea groups is 1. The highest BCUT2D eigenvalue weighted by molar-refractivity contribution is 5.89. The van der Waals surface area contributed by atoms with E-state index in [9.17, 15) is 4.79 Å². The summed E-state index contributed by atoms with van der Waals surface area (Å²) in [5.74, 6) is 1.99. The average molecular weight is 352 g/mol. The van der Waals surface area contributed by atoms with E-state index in [1.165, 1.54) is 22.3 Å². The number of benzene rings is 2. The lowest BCUT2D eigenvalue weighted by Gasteiger charge is -2.14. The van der Waals surface area contributed by atoms with E-state index in [2.05, 4.69) is 23.6 Å². The Bertz CT molecular complexity index is 829. The molecule has 5 nitrogen and oxygen atoms in total. The highest BCUT2D eigenvalue weighted by Gasteiger charge is 2.26. The summed E-state index contributed by atoms with van der Waals surface area (Å²) < 4.78 is 11.6. The number of ether oxygens (including phenoxy) is 2. The fourth-order valence-corrected chi connectivity index (χ4v) is 3.64. The Morgan fingerprint density at radius 1 is 1.08 bits per heavy atom. The van der Waals surface area contributed by atoms with Crippen LogP contribution in [0.25, 0.3) is 0 Å². The van der Waals surface area contributed by atoms with Gasteiger partial charge < -0.3 is 20.1 Å². The third-order valence-corrected chi connectivity index (χ3v) is 5.19. The van der Waals surface area contributed by atoms with Gasteiger partial charge in [0.25, 0.3) is 0 Å². The number of nitrogens with one attached hydrogen (secondary N) is 2. The standard InChI is InChI=1S/C21H24N2O3/c1-13-3-4-16(11-14(13)2)23-21(24)22-8-5-18-17-7-10-25-19(17)12-15-6-9-26-20(15)18/h3-4,11-12H,5-10H2,1-2H3,(H2,22,23,24). The molecule has 2 heterocycles. The molecule has 2 amide bonds. The van der Waals surface area contributed by atoms with Gasteiger partial charge in [-0.2, -0.15) is 0 Å². The molecule has 0 radical (unpaired) electrons. The van der Waals surface area contributed by atoms with Crippen LogP contribution in [0, 0.1) is 13.8 Å². The van der Waals surface area contributed by atoms with Gasteiger partial charge in [0.2, 0.25) is 0 Å². The van der Waals surface area contributed by atoms with E-state index in [0.29, 0.717) is 6.54 Å². The minimum atomic E-state index is -0.186. The molecule has 0 unspecified atom stereocenters. The number of anilines is 1. The molecule has 0 saturated carbocycles. The molecule has 26 heavy (non-hydrogen) atoms. The van der Waals surface area contributed by atoms with Gasteiger partial charge in [-0.05, 0) is 49.6 Å². The third kappa shape index (κ3) is 3.21. The maximum absolute atomic E-state index is 12.2. The van der Waals surface area contributed by atoms with Crippen molar-refractivity contribution in [2.75, 3.05) is 25.1 Å². The van der Waals surface area contributed by atoms with Gasteiger partial charge in [0.15, 0.2) is 0 Å². The molecule has 2 aromatic rings. The molecule has 0 spiro atoms. The number of fused-ring (bicyclic) bond motifs is 2. The number of hydrogen-bond acceptors (Lipinski definition) is 3.